The molecule has 0 atom stereocenters. The van der Waals surface area contributed by atoms with Gasteiger partial charge in [0, 0.05) is 86.7 Å². The molecule has 4 nitrogen and oxygen atoms in total. The molecule has 9 rings (SSSR count). The van der Waals surface area contributed by atoms with Crippen LogP contribution in [0.4, 0.5) is 0 Å². The van der Waals surface area contributed by atoms with Crippen LogP contribution in [-0.2, 0) is 0 Å². The minimum atomic E-state index is 0.276. The Labute approximate surface area is 402 Å². The lowest BCUT2D eigenvalue weighted by Gasteiger charge is -2.12. The smallest absolute Gasteiger partial charge is 0.0739 e. The zero-order valence-electron chi connectivity index (χ0n) is 29.7. The molecule has 3 aromatic heterocycles. The first-order valence-corrected chi connectivity index (χ1v) is 22.0. The average molecular weight is 1030 g/mol. The fourth-order valence-corrected chi connectivity index (χ4v) is 11.4. The molecular formula is C44H18Cl12N4. The third-order valence-corrected chi connectivity index (χ3v) is 13.0. The second-order valence-electron chi connectivity index (χ2n) is 13.5. The van der Waals surface area contributed by atoms with E-state index in [2.05, 4.69) is 9.97 Å². The molecule has 0 saturated carbocycles. The number of nitrogens with one attached hydrogen (secondary N) is 2. The number of aromatic amines is 2. The van der Waals surface area contributed by atoms with Crippen molar-refractivity contribution in [1.29, 1.82) is 0 Å². The summed E-state index contributed by atoms with van der Waals surface area (Å²) in [7, 11) is 0. The van der Waals surface area contributed by atoms with E-state index in [0.29, 0.717) is 119 Å². The van der Waals surface area contributed by atoms with Crippen molar-refractivity contribution in [3.8, 4) is 44.5 Å². The fourth-order valence-electron chi connectivity index (χ4n) is 7.38. The summed E-state index contributed by atoms with van der Waals surface area (Å²) in [6.45, 7) is 0. The van der Waals surface area contributed by atoms with Crippen molar-refractivity contribution in [2.24, 2.45) is 0 Å². The average Bonchev–Trinajstić information content (AvgIpc) is 3.99. The number of hydrogen-bond acceptors (Lipinski definition) is 2. The molecule has 0 spiro atoms. The molecule has 0 aliphatic carbocycles. The molecule has 0 unspecified atom stereocenters. The van der Waals surface area contributed by atoms with Crippen LogP contribution >= 0.6 is 139 Å². The number of nitrogens with zero attached hydrogens (tertiary/aromatic N) is 2. The Morgan fingerprint density at radius 3 is 0.767 bits per heavy atom. The Morgan fingerprint density at radius 2 is 0.483 bits per heavy atom. The highest BCUT2D eigenvalue weighted by Gasteiger charge is 2.25. The number of rotatable bonds is 4. The lowest BCUT2D eigenvalue weighted by molar-refractivity contribution is 1.28. The van der Waals surface area contributed by atoms with Gasteiger partial charge < -0.3 is 9.97 Å². The Bertz CT molecular complexity index is 3010. The van der Waals surface area contributed by atoms with Crippen molar-refractivity contribution in [3.05, 3.63) is 156 Å². The van der Waals surface area contributed by atoms with Crippen molar-refractivity contribution in [3.63, 3.8) is 0 Å². The third kappa shape index (κ3) is 7.62. The highest BCUT2D eigenvalue weighted by Crippen LogP contribution is 2.48. The van der Waals surface area contributed by atoms with Crippen LogP contribution in [-0.4, -0.2) is 19.9 Å². The van der Waals surface area contributed by atoms with Crippen LogP contribution < -0.4 is 0 Å². The highest BCUT2D eigenvalue weighted by molar-refractivity contribution is 6.45. The molecule has 0 saturated heterocycles. The van der Waals surface area contributed by atoms with Gasteiger partial charge in [-0.15, -0.1) is 0 Å². The standard InChI is InChI=1S/C44H18Cl12N4/c45-17-9-21(49)37(22(50)10-17)41-29-1-2-30(57-29)42(38-23(51)11-18(46)12-24(38)52)32-5-6-34(59-32)44(40-27(55)15-20(48)16-28(40)56)36-8-7-35(60-36)43(33-4-3-31(41)58-33)39-25(53)13-19(47)14-26(39)54/h1-16,57-58H. The maximum absolute atomic E-state index is 6.98. The van der Waals surface area contributed by atoms with E-state index in [4.69, 9.17) is 149 Å². The normalized spacial score (nSPS) is 12.2. The SMILES string of the molecule is Clc1cc(Cl)c(-c2c3nc(c(-c4c(Cl)cc(Cl)cc4Cl)c4ccc([nH]4)c(-c4c(Cl)cc(Cl)cc4Cl)c4ccc([nH]4)c(-c4c(Cl)cc(Cl)cc4Cl)c4nc2C=C4)C=C3)c(Cl)c1. The molecule has 2 aliphatic heterocycles. The molecule has 0 fully saturated rings. The van der Waals surface area contributed by atoms with E-state index >= 15 is 0 Å². The van der Waals surface area contributed by atoms with Gasteiger partial charge in [-0.05, 0) is 97.1 Å². The quantitative estimate of drug-likeness (QED) is 0.185. The second-order valence-corrected chi connectivity index (χ2v) is 18.5. The summed E-state index contributed by atoms with van der Waals surface area (Å²) in [4.78, 5) is 17.6. The monoisotopic (exact) mass is 1020 g/mol. The largest absolute Gasteiger partial charge is 0.354 e. The summed E-state index contributed by atoms with van der Waals surface area (Å²) < 4.78 is 0. The van der Waals surface area contributed by atoms with Gasteiger partial charge in [-0.3, -0.25) is 0 Å². The Balaban J connectivity index is 1.54. The van der Waals surface area contributed by atoms with Gasteiger partial charge in [0.25, 0.3) is 0 Å². The topological polar surface area (TPSA) is 57.4 Å². The van der Waals surface area contributed by atoms with E-state index in [1.807, 2.05) is 48.6 Å². The molecule has 16 heteroatoms. The summed E-state index contributed by atoms with van der Waals surface area (Å²) in [5.41, 5.74) is 8.40. The highest BCUT2D eigenvalue weighted by atomic mass is 35.5. The molecule has 60 heavy (non-hydrogen) atoms. The van der Waals surface area contributed by atoms with Crippen LogP contribution in [0, 0.1) is 0 Å². The summed E-state index contributed by atoms with van der Waals surface area (Å²) in [5, 5.41) is 3.74. The lowest BCUT2D eigenvalue weighted by atomic mass is 10.0. The number of aromatic nitrogens is 4. The first-order chi connectivity index (χ1) is 28.7. The molecule has 2 aliphatic rings. The zero-order valence-corrected chi connectivity index (χ0v) is 38.7. The molecule has 5 heterocycles. The van der Waals surface area contributed by atoms with Crippen LogP contribution in [0.1, 0.15) is 22.8 Å². The molecule has 298 valence electrons. The van der Waals surface area contributed by atoms with Crippen LogP contribution in [0.3, 0.4) is 0 Å². The minimum absolute atomic E-state index is 0.276. The van der Waals surface area contributed by atoms with Crippen molar-refractivity contribution in [1.82, 2.24) is 19.9 Å². The minimum Gasteiger partial charge on any atom is -0.354 e. The Hall–Kier alpha value is -3.04. The van der Waals surface area contributed by atoms with E-state index in [-0.39, 0.29) is 30.1 Å². The predicted octanol–water partition coefficient (Wildman–Crippen LogP) is 19.2. The number of fused-ring (bicyclic) bond motifs is 8. The van der Waals surface area contributed by atoms with Crippen LogP contribution in [0.5, 0.6) is 0 Å². The van der Waals surface area contributed by atoms with E-state index in [1.54, 1.807) is 48.5 Å². The Morgan fingerprint density at radius 1 is 0.267 bits per heavy atom. The molecular weight excluding hydrogens is 1010 g/mol. The van der Waals surface area contributed by atoms with Gasteiger partial charge in [0.05, 0.1) is 63.0 Å². The molecule has 0 amide bonds. The first kappa shape index (κ1) is 42.3. The van der Waals surface area contributed by atoms with Crippen LogP contribution in [0.15, 0.2) is 72.8 Å². The van der Waals surface area contributed by atoms with E-state index in [9.17, 15) is 0 Å². The number of halogens is 12. The second kappa shape index (κ2) is 16.6. The van der Waals surface area contributed by atoms with Crippen molar-refractivity contribution >= 4 is 186 Å². The van der Waals surface area contributed by atoms with Gasteiger partial charge in [0.1, 0.15) is 0 Å². The van der Waals surface area contributed by atoms with Gasteiger partial charge in [0.15, 0.2) is 0 Å². The maximum atomic E-state index is 6.98. The van der Waals surface area contributed by atoms with Crippen LogP contribution in [0.2, 0.25) is 60.3 Å². The van der Waals surface area contributed by atoms with Crippen molar-refractivity contribution in [2.75, 3.05) is 0 Å². The van der Waals surface area contributed by atoms with Gasteiger partial charge >= 0.3 is 0 Å². The molecule has 0 radical (unpaired) electrons. The van der Waals surface area contributed by atoms with E-state index in [1.165, 1.54) is 0 Å². The molecule has 4 aromatic carbocycles. The number of H-pyrrole nitrogens is 2. The summed E-state index contributed by atoms with van der Waals surface area (Å²) >= 11 is 81.5. The molecule has 2 N–H and O–H groups in total. The van der Waals surface area contributed by atoms with E-state index < -0.39 is 0 Å². The lowest BCUT2D eigenvalue weighted by Crippen LogP contribution is -1.93. The molecule has 7 aromatic rings. The van der Waals surface area contributed by atoms with Gasteiger partial charge in [-0.2, -0.15) is 0 Å². The summed E-state index contributed by atoms with van der Waals surface area (Å²) in [6.07, 6.45) is 7.34. The first-order valence-electron chi connectivity index (χ1n) is 17.4. The summed E-state index contributed by atoms with van der Waals surface area (Å²) in [5.74, 6) is 0. The van der Waals surface area contributed by atoms with Gasteiger partial charge in [0.2, 0.25) is 0 Å². The Kier molecular flexibility index (Phi) is 11.7. The van der Waals surface area contributed by atoms with Crippen LogP contribution in [0.25, 0.3) is 90.9 Å². The van der Waals surface area contributed by atoms with Crippen molar-refractivity contribution in [2.45, 2.75) is 0 Å². The van der Waals surface area contributed by atoms with E-state index in [0.717, 1.165) is 0 Å². The predicted molar refractivity (Wildman–Crippen MR) is 261 cm³/mol. The van der Waals surface area contributed by atoms with Crippen molar-refractivity contribution < 1.29 is 0 Å². The maximum Gasteiger partial charge on any atom is 0.0739 e. The number of hydrogen-bond donors (Lipinski definition) is 2. The third-order valence-electron chi connectivity index (χ3n) is 9.78. The fraction of sp³-hybridized carbons (Fsp3) is 0. The van der Waals surface area contributed by atoms with Gasteiger partial charge in [-0.1, -0.05) is 139 Å². The number of benzene rings is 4. The zero-order chi connectivity index (χ0) is 42.3. The summed E-state index contributed by atoms with van der Waals surface area (Å²) in [6, 6.07) is 20.5. The van der Waals surface area contributed by atoms with Gasteiger partial charge in [-0.25, -0.2) is 9.97 Å². The molecule has 8 bridgehead atoms.